The molecule has 1 atom stereocenters. The highest BCUT2D eigenvalue weighted by Crippen LogP contribution is 2.14. The van der Waals surface area contributed by atoms with Crippen LogP contribution in [-0.2, 0) is 10.8 Å². The van der Waals surface area contributed by atoms with Crippen molar-refractivity contribution in [1.82, 2.24) is 0 Å². The van der Waals surface area contributed by atoms with Gasteiger partial charge >= 0.3 is 0 Å². The Kier molecular flexibility index (Phi) is 4.03. The van der Waals surface area contributed by atoms with E-state index in [2.05, 4.69) is 19.6 Å². The smallest absolute Gasteiger partial charge is 0.185 e. The van der Waals surface area contributed by atoms with Gasteiger partial charge in [-0.05, 0) is 10.6 Å². The Labute approximate surface area is 98.2 Å². The molecule has 0 aliphatic carbocycles. The van der Waals surface area contributed by atoms with Crippen molar-refractivity contribution >= 4 is 40.5 Å². The third-order valence-electron chi connectivity index (χ3n) is 1.95. The van der Waals surface area contributed by atoms with Crippen LogP contribution in [0.3, 0.4) is 0 Å². The first-order valence-electron chi connectivity index (χ1n) is 4.74. The summed E-state index contributed by atoms with van der Waals surface area (Å²) in [6.45, 7) is 6.77. The van der Waals surface area contributed by atoms with E-state index in [0.29, 0.717) is 0 Å². The first-order valence-corrected chi connectivity index (χ1v) is 10.8. The summed E-state index contributed by atoms with van der Waals surface area (Å²) in [7, 11) is -2.35. The van der Waals surface area contributed by atoms with Gasteiger partial charge in [-0.2, -0.15) is 0 Å². The monoisotopic (exact) mass is 260 g/mol. The van der Waals surface area contributed by atoms with Crippen LogP contribution in [0.25, 0.3) is 0 Å². The highest BCUT2D eigenvalue weighted by Gasteiger charge is 2.20. The maximum Gasteiger partial charge on any atom is 0.185 e. The zero-order valence-corrected chi connectivity index (χ0v) is 12.1. The summed E-state index contributed by atoms with van der Waals surface area (Å²) in [6, 6.07) is 3.91. The van der Waals surface area contributed by atoms with Crippen LogP contribution in [0.2, 0.25) is 19.6 Å². The van der Waals surface area contributed by atoms with Gasteiger partial charge < -0.3 is 0 Å². The molecule has 0 N–H and O–H groups in total. The Balaban J connectivity index is 2.85. The Morgan fingerprint density at radius 3 is 2.40 bits per heavy atom. The zero-order chi connectivity index (χ0) is 11.6. The lowest BCUT2D eigenvalue weighted by Crippen LogP contribution is -2.34. The van der Waals surface area contributed by atoms with Gasteiger partial charge in [-0.15, -0.1) is 11.3 Å². The summed E-state index contributed by atoms with van der Waals surface area (Å²) in [4.78, 5) is 12.4. The summed E-state index contributed by atoms with van der Waals surface area (Å²) in [5, 5.41) is 0. The van der Waals surface area contributed by atoms with Crippen LogP contribution in [0, 0.1) is 0 Å². The van der Waals surface area contributed by atoms with Gasteiger partial charge in [0.1, 0.15) is 0 Å². The van der Waals surface area contributed by atoms with Gasteiger partial charge in [-0.3, -0.25) is 9.00 Å². The largest absolute Gasteiger partial charge is 0.292 e. The van der Waals surface area contributed by atoms with Crippen LogP contribution < -0.4 is 4.50 Å². The van der Waals surface area contributed by atoms with E-state index in [0.717, 1.165) is 4.88 Å². The molecule has 0 spiro atoms. The van der Waals surface area contributed by atoms with Crippen molar-refractivity contribution in [3.63, 3.8) is 0 Å². The third-order valence-corrected chi connectivity index (χ3v) is 7.35. The van der Waals surface area contributed by atoms with E-state index >= 15 is 0 Å². The van der Waals surface area contributed by atoms with Crippen molar-refractivity contribution in [2.24, 2.45) is 0 Å². The molecule has 0 saturated carbocycles. The minimum atomic E-state index is -1.31. The molecule has 1 aromatic heterocycles. The van der Waals surface area contributed by atoms with Gasteiger partial charge in [-0.1, -0.05) is 25.7 Å². The van der Waals surface area contributed by atoms with E-state index < -0.39 is 18.9 Å². The first-order chi connectivity index (χ1) is 6.80. The van der Waals surface area contributed by atoms with E-state index in [1.54, 1.807) is 17.6 Å². The Morgan fingerprint density at radius 2 is 2.00 bits per heavy atom. The molecule has 0 amide bonds. The molecule has 0 bridgehead atoms. The normalized spacial score (nSPS) is 13.9. The second-order valence-electron chi connectivity index (χ2n) is 4.55. The quantitative estimate of drug-likeness (QED) is 0.612. The van der Waals surface area contributed by atoms with Gasteiger partial charge in [-0.25, -0.2) is 0 Å². The molecule has 15 heavy (non-hydrogen) atoms. The van der Waals surface area contributed by atoms with Crippen molar-refractivity contribution in [2.45, 2.75) is 19.6 Å². The van der Waals surface area contributed by atoms with Crippen LogP contribution in [0.5, 0.6) is 0 Å². The van der Waals surface area contributed by atoms with Crippen molar-refractivity contribution in [3.05, 3.63) is 17.0 Å². The average molecular weight is 260 g/mol. The van der Waals surface area contributed by atoms with E-state index in [9.17, 15) is 9.00 Å². The molecule has 1 heterocycles. The predicted octanol–water partition coefficient (Wildman–Crippen LogP) is 1.85. The van der Waals surface area contributed by atoms with Gasteiger partial charge in [0.2, 0.25) is 0 Å². The number of carbonyl (C=O) groups excluding carboxylic acids is 1. The second kappa shape index (κ2) is 4.72. The van der Waals surface area contributed by atoms with Crippen LogP contribution in [0.15, 0.2) is 12.1 Å². The van der Waals surface area contributed by atoms with E-state index in [-0.39, 0.29) is 11.5 Å². The lowest BCUT2D eigenvalue weighted by Gasteiger charge is -2.12. The van der Waals surface area contributed by atoms with Gasteiger partial charge in [0.25, 0.3) is 0 Å². The standard InChI is InChI=1S/C10H16O2S2Si/c1-14(12)7-8(11)9-5-6-10(13-9)15(2,3)4/h5-6H,7H2,1-4H3/t14-/m0/s1. The molecule has 2 nitrogen and oxygen atoms in total. The van der Waals surface area contributed by atoms with E-state index in [1.807, 2.05) is 12.1 Å². The molecule has 84 valence electrons. The number of thiophene rings is 1. The summed E-state index contributed by atoms with van der Waals surface area (Å²) in [5.41, 5.74) is 0. The fraction of sp³-hybridized carbons (Fsp3) is 0.500. The van der Waals surface area contributed by atoms with Crippen LogP contribution in [0.4, 0.5) is 0 Å². The SMILES string of the molecule is C[S@](=O)CC(=O)c1ccc([Si](C)(C)C)s1. The molecule has 0 radical (unpaired) electrons. The van der Waals surface area contributed by atoms with Crippen LogP contribution >= 0.6 is 11.3 Å². The fourth-order valence-electron chi connectivity index (χ4n) is 1.15. The van der Waals surface area contributed by atoms with Gasteiger partial charge in [0, 0.05) is 17.1 Å². The van der Waals surface area contributed by atoms with Gasteiger partial charge in [0.05, 0.1) is 18.7 Å². The summed E-state index contributed by atoms with van der Waals surface area (Å²) < 4.78 is 12.3. The number of Topliss-reactive ketones (excluding diaryl/α,β-unsaturated/α-hetero) is 1. The highest BCUT2D eigenvalue weighted by molar-refractivity contribution is 7.85. The summed E-state index contributed by atoms with van der Waals surface area (Å²) in [5.74, 6) is 0.149. The molecule has 0 unspecified atom stereocenters. The number of rotatable bonds is 4. The molecule has 0 aromatic carbocycles. The maximum absolute atomic E-state index is 11.6. The predicted molar refractivity (Wildman–Crippen MR) is 70.6 cm³/mol. The molecule has 1 rings (SSSR count). The molecule has 0 aliphatic rings. The number of hydrogen-bond acceptors (Lipinski definition) is 3. The summed E-state index contributed by atoms with van der Waals surface area (Å²) in [6.07, 6.45) is 1.56. The Hall–Kier alpha value is -0.263. The molecule has 0 aliphatic heterocycles. The minimum Gasteiger partial charge on any atom is -0.292 e. The number of ketones is 1. The fourth-order valence-corrected chi connectivity index (χ4v) is 4.60. The highest BCUT2D eigenvalue weighted by atomic mass is 32.2. The third kappa shape index (κ3) is 3.66. The topological polar surface area (TPSA) is 34.1 Å². The maximum atomic E-state index is 11.6. The number of carbonyl (C=O) groups is 1. The molecule has 0 fully saturated rings. The Bertz CT molecular complexity index is 390. The first kappa shape index (κ1) is 12.8. The minimum absolute atomic E-state index is 0.00494. The molecule has 0 saturated heterocycles. The van der Waals surface area contributed by atoms with Crippen molar-refractivity contribution in [1.29, 1.82) is 0 Å². The average Bonchev–Trinajstić information content (AvgIpc) is 2.48. The van der Waals surface area contributed by atoms with E-state index in [1.165, 1.54) is 4.50 Å². The van der Waals surface area contributed by atoms with Crippen molar-refractivity contribution in [2.75, 3.05) is 12.0 Å². The lowest BCUT2D eigenvalue weighted by atomic mass is 10.4. The van der Waals surface area contributed by atoms with E-state index in [4.69, 9.17) is 0 Å². The van der Waals surface area contributed by atoms with Crippen LogP contribution in [0.1, 0.15) is 9.67 Å². The molecular weight excluding hydrogens is 244 g/mol. The zero-order valence-electron chi connectivity index (χ0n) is 9.49. The molecule has 1 aromatic rings. The van der Waals surface area contributed by atoms with Crippen LogP contribution in [-0.4, -0.2) is 30.1 Å². The van der Waals surface area contributed by atoms with Gasteiger partial charge in [0.15, 0.2) is 5.78 Å². The molecular formula is C10H16O2S2Si. The van der Waals surface area contributed by atoms with Crippen molar-refractivity contribution < 1.29 is 9.00 Å². The number of hydrogen-bond donors (Lipinski definition) is 0. The Morgan fingerprint density at radius 1 is 1.40 bits per heavy atom. The van der Waals surface area contributed by atoms with Crippen molar-refractivity contribution in [3.8, 4) is 0 Å². The molecule has 5 heteroatoms. The second-order valence-corrected chi connectivity index (χ2v) is 12.5. The lowest BCUT2D eigenvalue weighted by molar-refractivity contribution is 0.102. The summed E-state index contributed by atoms with van der Waals surface area (Å²) >= 11 is 1.57.